The van der Waals surface area contributed by atoms with Crippen molar-refractivity contribution in [3.63, 3.8) is 0 Å². The fourth-order valence-corrected chi connectivity index (χ4v) is 2.62. The largest absolute Gasteiger partial charge is 0.383 e. The molecule has 1 saturated carbocycles. The maximum absolute atomic E-state index is 14.0. The van der Waals surface area contributed by atoms with E-state index in [0.717, 1.165) is 0 Å². The van der Waals surface area contributed by atoms with Gasteiger partial charge in [0.25, 0.3) is 5.91 Å². The van der Waals surface area contributed by atoms with Crippen molar-refractivity contribution < 1.29 is 18.7 Å². The van der Waals surface area contributed by atoms with Crippen molar-refractivity contribution in [3.8, 4) is 0 Å². The van der Waals surface area contributed by atoms with Crippen molar-refractivity contribution in [3.05, 3.63) is 18.0 Å². The lowest BCUT2D eigenvalue weighted by molar-refractivity contribution is -0.212. The third-order valence-electron chi connectivity index (χ3n) is 4.17. The zero-order valence-electron chi connectivity index (χ0n) is 12.2. The first-order chi connectivity index (χ1) is 10.2. The summed E-state index contributed by atoms with van der Waals surface area (Å²) in [6.45, 7) is 1.77. The van der Waals surface area contributed by atoms with Crippen molar-refractivity contribution in [2.24, 2.45) is 7.05 Å². The molecule has 6 nitrogen and oxygen atoms in total. The van der Waals surface area contributed by atoms with Gasteiger partial charge in [-0.1, -0.05) is 0 Å². The number of anilines is 1. The van der Waals surface area contributed by atoms with Crippen molar-refractivity contribution >= 4 is 22.6 Å². The average molecular weight is 310 g/mol. The Kier molecular flexibility index (Phi) is 3.17. The van der Waals surface area contributed by atoms with Gasteiger partial charge in [0, 0.05) is 12.4 Å². The number of carbonyl (C=O) groups is 1. The zero-order chi connectivity index (χ0) is 16.1. The number of pyridine rings is 1. The highest BCUT2D eigenvalue weighted by atomic mass is 19.3. The van der Waals surface area contributed by atoms with E-state index in [2.05, 4.69) is 15.4 Å². The summed E-state index contributed by atoms with van der Waals surface area (Å²) in [7, 11) is 1.72. The monoisotopic (exact) mass is 310 g/mol. The molecular formula is C14H16F2N4O2. The van der Waals surface area contributed by atoms with E-state index in [9.17, 15) is 18.7 Å². The number of aliphatic hydroxyl groups is 1. The number of fused-ring (bicyclic) bond motifs is 1. The number of rotatable bonds is 3. The Balaban J connectivity index is 1.86. The molecule has 22 heavy (non-hydrogen) atoms. The van der Waals surface area contributed by atoms with Crippen LogP contribution in [0.5, 0.6) is 0 Å². The molecular weight excluding hydrogens is 294 g/mol. The van der Waals surface area contributed by atoms with E-state index in [0.29, 0.717) is 23.1 Å². The fraction of sp³-hybridized carbons (Fsp3) is 0.500. The summed E-state index contributed by atoms with van der Waals surface area (Å²) in [5.41, 5.74) is -0.805. The molecule has 0 bridgehead atoms. The number of amides is 1. The van der Waals surface area contributed by atoms with Gasteiger partial charge in [0.2, 0.25) is 0 Å². The van der Waals surface area contributed by atoms with E-state index < -0.39 is 17.4 Å². The number of nitrogens with zero attached hydrogens (tertiary/aromatic N) is 3. The normalized spacial score (nSPS) is 17.3. The molecule has 2 heterocycles. The van der Waals surface area contributed by atoms with E-state index in [4.69, 9.17) is 0 Å². The molecule has 0 atom stereocenters. The number of hydrogen-bond donors (Lipinski definition) is 2. The van der Waals surface area contributed by atoms with E-state index in [1.165, 1.54) is 6.20 Å². The molecule has 0 saturated heterocycles. The van der Waals surface area contributed by atoms with Crippen LogP contribution in [0.25, 0.3) is 11.0 Å². The van der Waals surface area contributed by atoms with Crippen molar-refractivity contribution in [1.82, 2.24) is 14.8 Å². The maximum atomic E-state index is 14.0. The Morgan fingerprint density at radius 1 is 1.50 bits per heavy atom. The molecule has 1 aliphatic rings. The SMILES string of the molecule is Cc1nn(C)c2ncc(NC(=O)C(F)(F)C3(O)CCC3)cc12. The Labute approximate surface area is 125 Å². The second-order valence-electron chi connectivity index (χ2n) is 5.72. The molecule has 0 spiro atoms. The Morgan fingerprint density at radius 2 is 2.18 bits per heavy atom. The summed E-state index contributed by atoms with van der Waals surface area (Å²) < 4.78 is 29.6. The van der Waals surface area contributed by atoms with Gasteiger partial charge in [0.15, 0.2) is 5.65 Å². The Bertz CT molecular complexity index is 753. The number of halogens is 2. The van der Waals surface area contributed by atoms with E-state index in [1.54, 1.807) is 24.7 Å². The van der Waals surface area contributed by atoms with Gasteiger partial charge in [-0.3, -0.25) is 9.48 Å². The standard InChI is InChI=1S/C14H16F2N4O2/c1-8-10-6-9(7-17-11(10)20(2)19-8)18-12(21)14(15,16)13(22)4-3-5-13/h6-7,22H,3-5H2,1-2H3,(H,18,21). The first-order valence-corrected chi connectivity index (χ1v) is 6.96. The molecule has 0 radical (unpaired) electrons. The highest BCUT2D eigenvalue weighted by molar-refractivity contribution is 5.98. The van der Waals surface area contributed by atoms with Gasteiger partial charge in [0.05, 0.1) is 17.6 Å². The van der Waals surface area contributed by atoms with Crippen LogP contribution in [-0.2, 0) is 11.8 Å². The van der Waals surface area contributed by atoms with E-state index in [-0.39, 0.29) is 18.5 Å². The molecule has 1 aliphatic carbocycles. The fourth-order valence-electron chi connectivity index (χ4n) is 2.62. The summed E-state index contributed by atoms with van der Waals surface area (Å²) in [6.07, 6.45) is 1.63. The third-order valence-corrected chi connectivity index (χ3v) is 4.17. The summed E-state index contributed by atoms with van der Waals surface area (Å²) in [5.74, 6) is -5.35. The van der Waals surface area contributed by atoms with Crippen LogP contribution in [0.1, 0.15) is 25.0 Å². The van der Waals surface area contributed by atoms with E-state index >= 15 is 0 Å². The lowest BCUT2D eigenvalue weighted by atomic mass is 9.75. The van der Waals surface area contributed by atoms with Crippen molar-refractivity contribution in [2.45, 2.75) is 37.7 Å². The molecule has 0 aromatic carbocycles. The third kappa shape index (κ3) is 2.06. The molecule has 0 aliphatic heterocycles. The molecule has 2 aromatic rings. The number of nitrogens with one attached hydrogen (secondary N) is 1. The minimum absolute atomic E-state index is 0.0770. The molecule has 2 N–H and O–H groups in total. The lowest BCUT2D eigenvalue weighted by Crippen LogP contribution is -2.59. The first-order valence-electron chi connectivity index (χ1n) is 6.96. The number of hydrogen-bond acceptors (Lipinski definition) is 4. The van der Waals surface area contributed by atoms with Gasteiger partial charge in [-0.2, -0.15) is 13.9 Å². The summed E-state index contributed by atoms with van der Waals surface area (Å²) in [6, 6.07) is 1.55. The molecule has 2 aromatic heterocycles. The summed E-state index contributed by atoms with van der Waals surface area (Å²) in [4.78, 5) is 15.9. The van der Waals surface area contributed by atoms with Crippen LogP contribution < -0.4 is 5.32 Å². The van der Waals surface area contributed by atoms with Crippen LogP contribution >= 0.6 is 0 Å². The molecule has 3 rings (SSSR count). The predicted molar refractivity (Wildman–Crippen MR) is 75.6 cm³/mol. The van der Waals surface area contributed by atoms with Crippen molar-refractivity contribution in [2.75, 3.05) is 5.32 Å². The summed E-state index contributed by atoms with van der Waals surface area (Å²) in [5, 5.41) is 16.7. The molecule has 8 heteroatoms. The number of alkyl halides is 2. The maximum Gasteiger partial charge on any atom is 0.352 e. The van der Waals surface area contributed by atoms with Gasteiger partial charge in [-0.05, 0) is 32.3 Å². The topological polar surface area (TPSA) is 80.0 Å². The van der Waals surface area contributed by atoms with Gasteiger partial charge in [-0.15, -0.1) is 0 Å². The first kappa shape index (κ1) is 14.8. The second kappa shape index (κ2) is 4.70. The van der Waals surface area contributed by atoms with Gasteiger partial charge in [-0.25, -0.2) is 4.98 Å². The van der Waals surface area contributed by atoms with Crippen LogP contribution in [0.2, 0.25) is 0 Å². The summed E-state index contributed by atoms with van der Waals surface area (Å²) >= 11 is 0. The predicted octanol–water partition coefficient (Wildman–Crippen LogP) is 1.77. The van der Waals surface area contributed by atoms with Gasteiger partial charge < -0.3 is 10.4 Å². The Hall–Kier alpha value is -2.09. The van der Waals surface area contributed by atoms with E-state index in [1.807, 2.05) is 0 Å². The highest BCUT2D eigenvalue weighted by Gasteiger charge is 2.61. The van der Waals surface area contributed by atoms with Crippen LogP contribution in [0.4, 0.5) is 14.5 Å². The van der Waals surface area contributed by atoms with Crippen LogP contribution in [0.3, 0.4) is 0 Å². The average Bonchev–Trinajstić information content (AvgIpc) is 2.71. The minimum atomic E-state index is -3.83. The lowest BCUT2D eigenvalue weighted by Gasteiger charge is -2.41. The Morgan fingerprint density at radius 3 is 2.77 bits per heavy atom. The number of carbonyl (C=O) groups excluding carboxylic acids is 1. The molecule has 1 fully saturated rings. The highest BCUT2D eigenvalue weighted by Crippen LogP contribution is 2.44. The van der Waals surface area contributed by atoms with Crippen LogP contribution in [0.15, 0.2) is 12.3 Å². The van der Waals surface area contributed by atoms with Gasteiger partial charge in [0.1, 0.15) is 5.60 Å². The quantitative estimate of drug-likeness (QED) is 0.905. The van der Waals surface area contributed by atoms with Gasteiger partial charge >= 0.3 is 5.92 Å². The van der Waals surface area contributed by atoms with Crippen molar-refractivity contribution in [1.29, 1.82) is 0 Å². The minimum Gasteiger partial charge on any atom is -0.383 e. The smallest absolute Gasteiger partial charge is 0.352 e. The molecule has 118 valence electrons. The zero-order valence-corrected chi connectivity index (χ0v) is 12.2. The number of aryl methyl sites for hydroxylation is 2. The molecule has 1 amide bonds. The second-order valence-corrected chi connectivity index (χ2v) is 5.72. The number of aromatic nitrogens is 3. The van der Waals surface area contributed by atoms with Crippen LogP contribution in [-0.4, -0.2) is 37.3 Å². The molecule has 0 unspecified atom stereocenters. The van der Waals surface area contributed by atoms with Crippen LogP contribution in [0, 0.1) is 6.92 Å².